The first-order valence-electron chi connectivity index (χ1n) is 31.2. The quantitative estimate of drug-likeness (QED) is 0.0228. The SMILES string of the molecule is CC/C=C\C/C=C\C/C=C\C/C=C\C/C=C\CC(=O)OC(COC(=O)CCCCCCCCC/C=C\CCCCCCCC)COC1OC(C(=O)O)C(O)C(O)C1OC(=O)CCCCCCCCC/C=C\C/C=C\CCCCC. The van der Waals surface area contributed by atoms with Crippen LogP contribution in [0.25, 0.3) is 0 Å². The molecule has 0 radical (unpaired) electrons. The number of carbonyl (C=O) groups is 4. The molecule has 1 fully saturated rings. The highest BCUT2D eigenvalue weighted by Crippen LogP contribution is 2.26. The third kappa shape index (κ3) is 44.0. The topological polar surface area (TPSA) is 175 Å². The van der Waals surface area contributed by atoms with Crippen LogP contribution in [-0.4, -0.2) is 89.2 Å². The molecule has 0 aromatic heterocycles. The number of hydrogen-bond acceptors (Lipinski definition) is 11. The summed E-state index contributed by atoms with van der Waals surface area (Å²) in [4.78, 5) is 51.2. The Kier molecular flexibility index (Phi) is 49.9. The van der Waals surface area contributed by atoms with Gasteiger partial charge in [0, 0.05) is 12.8 Å². The second-order valence-corrected chi connectivity index (χ2v) is 21.0. The molecule has 0 saturated carbocycles. The molecule has 0 aliphatic carbocycles. The summed E-state index contributed by atoms with van der Waals surface area (Å²) < 4.78 is 28.3. The maximum atomic E-state index is 13.1. The lowest BCUT2D eigenvalue weighted by molar-refractivity contribution is -0.301. The Morgan fingerprint density at radius 3 is 1.32 bits per heavy atom. The van der Waals surface area contributed by atoms with Crippen molar-refractivity contribution in [3.8, 4) is 0 Å². The Morgan fingerprint density at radius 1 is 0.443 bits per heavy atom. The Labute approximate surface area is 479 Å². The molecular weight excluding hydrogens is 997 g/mol. The highest BCUT2D eigenvalue weighted by atomic mass is 16.7. The molecule has 1 aliphatic heterocycles. The van der Waals surface area contributed by atoms with E-state index < -0.39 is 67.3 Å². The van der Waals surface area contributed by atoms with Crippen molar-refractivity contribution in [2.24, 2.45) is 0 Å². The normalized spacial score (nSPS) is 18.5. The maximum Gasteiger partial charge on any atom is 0.335 e. The molecule has 450 valence electrons. The van der Waals surface area contributed by atoms with E-state index in [1.807, 2.05) is 12.2 Å². The molecule has 0 aromatic rings. The largest absolute Gasteiger partial charge is 0.479 e. The second kappa shape index (κ2) is 54.2. The number of unbranched alkanes of at least 4 members (excludes halogenated alkanes) is 23. The Hall–Kier alpha value is -4.36. The monoisotopic (exact) mass is 1110 g/mol. The molecule has 3 N–H and O–H groups in total. The van der Waals surface area contributed by atoms with Crippen molar-refractivity contribution < 1.29 is 58.2 Å². The summed E-state index contributed by atoms with van der Waals surface area (Å²) >= 11 is 0. The number of rotatable bonds is 52. The second-order valence-electron chi connectivity index (χ2n) is 21.0. The van der Waals surface area contributed by atoms with Gasteiger partial charge >= 0.3 is 23.9 Å². The smallest absolute Gasteiger partial charge is 0.335 e. The molecule has 1 rings (SSSR count). The van der Waals surface area contributed by atoms with Crippen LogP contribution in [0.2, 0.25) is 0 Å². The van der Waals surface area contributed by atoms with E-state index >= 15 is 0 Å². The summed E-state index contributed by atoms with van der Waals surface area (Å²) in [7, 11) is 0. The van der Waals surface area contributed by atoms with E-state index in [4.69, 9.17) is 23.7 Å². The van der Waals surface area contributed by atoms with Gasteiger partial charge in [0.15, 0.2) is 24.6 Å². The Balaban J connectivity index is 2.73. The van der Waals surface area contributed by atoms with E-state index in [9.17, 15) is 34.5 Å². The van der Waals surface area contributed by atoms with Gasteiger partial charge < -0.3 is 39.0 Å². The summed E-state index contributed by atoms with van der Waals surface area (Å²) in [5.41, 5.74) is 0. The van der Waals surface area contributed by atoms with Crippen LogP contribution in [0.4, 0.5) is 0 Å². The predicted octanol–water partition coefficient (Wildman–Crippen LogP) is 16.5. The molecule has 0 aromatic carbocycles. The minimum absolute atomic E-state index is 0.0372. The predicted molar refractivity (Wildman–Crippen MR) is 321 cm³/mol. The summed E-state index contributed by atoms with van der Waals surface area (Å²) in [5, 5.41) is 31.5. The lowest BCUT2D eigenvalue weighted by Gasteiger charge is -2.40. The number of aliphatic hydroxyl groups is 2. The number of ether oxygens (including phenoxy) is 5. The fourth-order valence-electron chi connectivity index (χ4n) is 8.88. The molecule has 12 nitrogen and oxygen atoms in total. The van der Waals surface area contributed by atoms with Crippen LogP contribution in [-0.2, 0) is 42.9 Å². The number of hydrogen-bond donors (Lipinski definition) is 3. The molecule has 6 unspecified atom stereocenters. The fraction of sp³-hybridized carbons (Fsp3) is 0.701. The van der Waals surface area contributed by atoms with Crippen LogP contribution in [0, 0.1) is 0 Å². The van der Waals surface area contributed by atoms with E-state index in [2.05, 4.69) is 99.8 Å². The Morgan fingerprint density at radius 2 is 0.835 bits per heavy atom. The van der Waals surface area contributed by atoms with Crippen LogP contribution >= 0.6 is 0 Å². The van der Waals surface area contributed by atoms with Crippen molar-refractivity contribution in [1.29, 1.82) is 0 Å². The van der Waals surface area contributed by atoms with Crippen LogP contribution in [0.3, 0.4) is 0 Å². The van der Waals surface area contributed by atoms with Crippen molar-refractivity contribution in [2.75, 3.05) is 13.2 Å². The molecule has 1 aliphatic rings. The summed E-state index contributed by atoms with van der Waals surface area (Å²) in [5.74, 6) is -3.30. The first kappa shape index (κ1) is 72.7. The van der Waals surface area contributed by atoms with Crippen molar-refractivity contribution in [3.63, 3.8) is 0 Å². The van der Waals surface area contributed by atoms with Crippen LogP contribution in [0.15, 0.2) is 97.2 Å². The highest BCUT2D eigenvalue weighted by Gasteiger charge is 2.50. The number of allylic oxidation sites excluding steroid dienone is 15. The fourth-order valence-corrected chi connectivity index (χ4v) is 8.88. The molecule has 1 saturated heterocycles. The van der Waals surface area contributed by atoms with E-state index in [1.165, 1.54) is 77.0 Å². The van der Waals surface area contributed by atoms with Gasteiger partial charge in [-0.1, -0.05) is 227 Å². The molecular formula is C67H110O12. The lowest BCUT2D eigenvalue weighted by Crippen LogP contribution is -2.61. The molecule has 1 heterocycles. The number of carbonyl (C=O) groups excluding carboxylic acids is 3. The van der Waals surface area contributed by atoms with Gasteiger partial charge in [-0.25, -0.2) is 4.79 Å². The highest BCUT2D eigenvalue weighted by molar-refractivity contribution is 5.74. The van der Waals surface area contributed by atoms with E-state index in [1.54, 1.807) is 6.08 Å². The molecule has 0 bridgehead atoms. The average Bonchev–Trinajstić information content (AvgIpc) is 3.46. The number of aliphatic carboxylic acids is 1. The van der Waals surface area contributed by atoms with Gasteiger partial charge in [-0.15, -0.1) is 0 Å². The minimum atomic E-state index is -1.92. The van der Waals surface area contributed by atoms with Gasteiger partial charge in [0.25, 0.3) is 0 Å². The number of carboxylic acid groups (broad SMARTS) is 1. The number of carboxylic acids is 1. The zero-order valence-corrected chi connectivity index (χ0v) is 49.6. The average molecular weight is 1110 g/mol. The van der Waals surface area contributed by atoms with Gasteiger partial charge in [-0.2, -0.15) is 0 Å². The van der Waals surface area contributed by atoms with Gasteiger partial charge in [0.05, 0.1) is 13.0 Å². The van der Waals surface area contributed by atoms with E-state index in [0.29, 0.717) is 19.3 Å². The zero-order chi connectivity index (χ0) is 57.5. The first-order chi connectivity index (χ1) is 38.6. The van der Waals surface area contributed by atoms with E-state index in [-0.39, 0.29) is 25.9 Å². The summed E-state index contributed by atoms with van der Waals surface area (Å²) in [6, 6.07) is 0. The van der Waals surface area contributed by atoms with Crippen LogP contribution in [0.5, 0.6) is 0 Å². The summed E-state index contributed by atoms with van der Waals surface area (Å²) in [6.45, 7) is 5.77. The van der Waals surface area contributed by atoms with Gasteiger partial charge in [-0.05, 0) is 103 Å². The number of esters is 3. The standard InChI is InChI=1S/C67H110O12/c1-4-7-10-13-16-19-22-25-28-30-33-35-38-41-44-47-50-53-59(68)75-56-58(77-60(69)54-51-48-45-42-39-36-32-27-24-21-18-15-12-9-6-3)57-76-67-65(63(72)62(71)64(79-67)66(73)74)78-61(70)55-52-49-46-43-40-37-34-31-29-26-23-20-17-14-11-8-5-2/h9,12,17-18,20-21,25-29,32,39,42,48,51,58,62-65,67,71-72H,4-8,10-11,13-16,19,22-24,30-31,33-38,40-41,43-47,49-50,52-57H2,1-3H3,(H,73,74)/b12-9-,20-17-,21-18-,28-25-,29-26-,32-27-,42-39-,51-48-. The van der Waals surface area contributed by atoms with Crippen molar-refractivity contribution in [2.45, 2.75) is 289 Å². The summed E-state index contributed by atoms with van der Waals surface area (Å²) in [6.07, 6.45) is 59.7. The van der Waals surface area contributed by atoms with Crippen LogP contribution in [0.1, 0.15) is 252 Å². The van der Waals surface area contributed by atoms with Crippen molar-refractivity contribution >= 4 is 23.9 Å². The minimum Gasteiger partial charge on any atom is -0.479 e. The third-order valence-corrected chi connectivity index (χ3v) is 13.6. The van der Waals surface area contributed by atoms with Crippen molar-refractivity contribution in [1.82, 2.24) is 0 Å². The maximum absolute atomic E-state index is 13.1. The van der Waals surface area contributed by atoms with Gasteiger partial charge in [-0.3, -0.25) is 14.4 Å². The zero-order valence-electron chi connectivity index (χ0n) is 49.6. The Bertz CT molecular complexity index is 1740. The first-order valence-corrected chi connectivity index (χ1v) is 31.2. The molecule has 12 heteroatoms. The molecule has 6 atom stereocenters. The van der Waals surface area contributed by atoms with Gasteiger partial charge in [0.2, 0.25) is 0 Å². The molecule has 0 spiro atoms. The number of aliphatic hydroxyl groups excluding tert-OH is 2. The lowest BCUT2D eigenvalue weighted by atomic mass is 9.98. The molecule has 0 amide bonds. The molecule has 79 heavy (non-hydrogen) atoms. The third-order valence-electron chi connectivity index (χ3n) is 13.6. The van der Waals surface area contributed by atoms with Crippen molar-refractivity contribution in [3.05, 3.63) is 97.2 Å². The van der Waals surface area contributed by atoms with Gasteiger partial charge in [0.1, 0.15) is 18.8 Å². The van der Waals surface area contributed by atoms with E-state index in [0.717, 1.165) is 116 Å². The van der Waals surface area contributed by atoms with Crippen LogP contribution < -0.4 is 0 Å².